The van der Waals surface area contributed by atoms with Crippen molar-refractivity contribution < 1.29 is 27.9 Å². The molecular weight excluding hydrogens is 289 g/mol. The fraction of sp³-hybridized carbons (Fsp3) is 0.462. The van der Waals surface area contributed by atoms with Gasteiger partial charge in [0.2, 0.25) is 0 Å². The number of aromatic nitrogens is 1. The van der Waals surface area contributed by atoms with Gasteiger partial charge >= 0.3 is 12.1 Å². The van der Waals surface area contributed by atoms with Crippen LogP contribution in [0.4, 0.5) is 13.2 Å². The molecule has 0 aromatic carbocycles. The molecule has 0 bridgehead atoms. The van der Waals surface area contributed by atoms with Gasteiger partial charge in [-0.3, -0.25) is 4.79 Å². The van der Waals surface area contributed by atoms with Gasteiger partial charge in [-0.1, -0.05) is 6.92 Å². The van der Waals surface area contributed by atoms with E-state index in [1.165, 1.54) is 13.8 Å². The van der Waals surface area contributed by atoms with Gasteiger partial charge in [0, 0.05) is 0 Å². The fourth-order valence-electron chi connectivity index (χ4n) is 1.57. The summed E-state index contributed by atoms with van der Waals surface area (Å²) in [6, 6.07) is 1.67. The van der Waals surface area contributed by atoms with Crippen LogP contribution >= 0.6 is 0 Å². The Labute approximate surface area is 119 Å². The van der Waals surface area contributed by atoms with E-state index in [1.807, 2.05) is 0 Å². The maximum Gasteiger partial charge on any atom is 0.433 e. The van der Waals surface area contributed by atoms with Gasteiger partial charge in [0.25, 0.3) is 5.91 Å². The molecule has 0 radical (unpaired) electrons. The highest BCUT2D eigenvalue weighted by molar-refractivity contribution is 5.98. The quantitative estimate of drug-likeness (QED) is 0.895. The Balaban J connectivity index is 3.07. The van der Waals surface area contributed by atoms with Crippen molar-refractivity contribution in [1.29, 1.82) is 0 Å². The number of alkyl halides is 3. The first-order chi connectivity index (χ1) is 9.51. The first-order valence-electron chi connectivity index (χ1n) is 6.12. The Kier molecular flexibility index (Phi) is 4.60. The highest BCUT2D eigenvalue weighted by Gasteiger charge is 2.35. The molecule has 5 nitrogen and oxygen atoms in total. The third kappa shape index (κ3) is 3.71. The molecule has 0 aliphatic heterocycles. The zero-order chi connectivity index (χ0) is 16.4. The summed E-state index contributed by atoms with van der Waals surface area (Å²) in [4.78, 5) is 26.5. The van der Waals surface area contributed by atoms with Gasteiger partial charge in [-0.2, -0.15) is 13.2 Å². The molecule has 1 aromatic heterocycles. The third-order valence-electron chi connectivity index (χ3n) is 3.19. The van der Waals surface area contributed by atoms with Crippen LogP contribution in [0.3, 0.4) is 0 Å². The Bertz CT molecular complexity index is 572. The number of pyridine rings is 1. The van der Waals surface area contributed by atoms with Crippen LogP contribution < -0.4 is 5.32 Å². The minimum absolute atomic E-state index is 0.0936. The average molecular weight is 304 g/mol. The zero-order valence-corrected chi connectivity index (χ0v) is 11.7. The molecule has 0 fully saturated rings. The normalized spacial score (nSPS) is 14.4. The highest BCUT2D eigenvalue weighted by atomic mass is 19.4. The lowest BCUT2D eigenvalue weighted by molar-refractivity contribution is -0.144. The Hall–Kier alpha value is -2.12. The highest BCUT2D eigenvalue weighted by Crippen LogP contribution is 2.28. The maximum absolute atomic E-state index is 12.5. The van der Waals surface area contributed by atoms with E-state index in [-0.39, 0.29) is 17.7 Å². The molecular formula is C13H15F3N2O3. The number of hydrogen-bond acceptors (Lipinski definition) is 3. The maximum atomic E-state index is 12.5. The fourth-order valence-corrected chi connectivity index (χ4v) is 1.57. The summed E-state index contributed by atoms with van der Waals surface area (Å²) >= 11 is 0. The van der Waals surface area contributed by atoms with Crippen molar-refractivity contribution in [1.82, 2.24) is 10.3 Å². The number of nitrogens with zero attached hydrogens (tertiary/aromatic N) is 1. The summed E-state index contributed by atoms with van der Waals surface area (Å²) in [6.07, 6.45) is -4.47. The van der Waals surface area contributed by atoms with Gasteiger partial charge in [-0.15, -0.1) is 0 Å². The molecule has 1 amide bonds. The molecule has 0 spiro atoms. The SMILES string of the molecule is CCC(C)(NC(=O)c1ccc(C(F)(F)F)nc1C)C(=O)O. The number of amides is 1. The van der Waals surface area contributed by atoms with E-state index in [2.05, 4.69) is 10.3 Å². The predicted molar refractivity (Wildman–Crippen MR) is 67.8 cm³/mol. The van der Waals surface area contributed by atoms with E-state index in [4.69, 9.17) is 5.11 Å². The van der Waals surface area contributed by atoms with Crippen molar-refractivity contribution in [3.63, 3.8) is 0 Å². The van der Waals surface area contributed by atoms with E-state index in [9.17, 15) is 22.8 Å². The van der Waals surface area contributed by atoms with Crippen LogP contribution in [0.1, 0.15) is 42.0 Å². The van der Waals surface area contributed by atoms with Crippen molar-refractivity contribution in [3.8, 4) is 0 Å². The molecule has 0 aliphatic rings. The van der Waals surface area contributed by atoms with Crippen molar-refractivity contribution in [3.05, 3.63) is 29.1 Å². The van der Waals surface area contributed by atoms with Crippen LogP contribution in [0.2, 0.25) is 0 Å². The number of carbonyl (C=O) groups is 2. The van der Waals surface area contributed by atoms with Gasteiger partial charge in [-0.05, 0) is 32.4 Å². The molecule has 8 heteroatoms. The summed E-state index contributed by atoms with van der Waals surface area (Å²) in [7, 11) is 0. The second kappa shape index (κ2) is 5.71. The van der Waals surface area contributed by atoms with E-state index in [0.717, 1.165) is 6.07 Å². The van der Waals surface area contributed by atoms with E-state index < -0.39 is 29.3 Å². The molecule has 1 atom stereocenters. The van der Waals surface area contributed by atoms with Crippen LogP contribution in [0.5, 0.6) is 0 Å². The summed E-state index contributed by atoms with van der Waals surface area (Å²) in [5.41, 5.74) is -2.81. The standard InChI is InChI=1S/C13H15F3N2O3/c1-4-12(3,11(20)21)18-10(19)8-5-6-9(13(14,15)16)17-7(8)2/h5-6H,4H2,1-3H3,(H,18,19)(H,20,21). The molecule has 1 heterocycles. The first kappa shape index (κ1) is 16.9. The van der Waals surface area contributed by atoms with E-state index in [1.54, 1.807) is 6.92 Å². The molecule has 0 aliphatic carbocycles. The minimum Gasteiger partial charge on any atom is -0.480 e. The van der Waals surface area contributed by atoms with Crippen molar-refractivity contribution >= 4 is 11.9 Å². The molecule has 1 unspecified atom stereocenters. The van der Waals surface area contributed by atoms with Crippen molar-refractivity contribution in [2.45, 2.75) is 38.9 Å². The second-order valence-corrected chi connectivity index (χ2v) is 4.77. The Morgan fingerprint density at radius 3 is 2.29 bits per heavy atom. The smallest absolute Gasteiger partial charge is 0.433 e. The minimum atomic E-state index is -4.60. The van der Waals surface area contributed by atoms with Crippen LogP contribution in [-0.2, 0) is 11.0 Å². The number of carboxylic acid groups (broad SMARTS) is 1. The molecule has 1 rings (SSSR count). The zero-order valence-electron chi connectivity index (χ0n) is 11.7. The third-order valence-corrected chi connectivity index (χ3v) is 3.19. The number of carboxylic acids is 1. The summed E-state index contributed by atoms with van der Waals surface area (Å²) in [6.45, 7) is 4.15. The number of nitrogens with one attached hydrogen (secondary N) is 1. The van der Waals surface area contributed by atoms with Crippen LogP contribution in [0, 0.1) is 6.92 Å². The van der Waals surface area contributed by atoms with Crippen molar-refractivity contribution in [2.75, 3.05) is 0 Å². The monoisotopic (exact) mass is 304 g/mol. The van der Waals surface area contributed by atoms with Gasteiger partial charge < -0.3 is 10.4 Å². The van der Waals surface area contributed by atoms with E-state index >= 15 is 0 Å². The second-order valence-electron chi connectivity index (χ2n) is 4.77. The lowest BCUT2D eigenvalue weighted by Gasteiger charge is -2.25. The van der Waals surface area contributed by atoms with Crippen LogP contribution in [0.25, 0.3) is 0 Å². The van der Waals surface area contributed by atoms with Crippen molar-refractivity contribution in [2.24, 2.45) is 0 Å². The molecule has 1 aromatic rings. The number of aryl methyl sites for hydroxylation is 1. The van der Waals surface area contributed by atoms with Gasteiger partial charge in [0.05, 0.1) is 11.3 Å². The van der Waals surface area contributed by atoms with Gasteiger partial charge in [-0.25, -0.2) is 9.78 Å². The average Bonchev–Trinajstić information content (AvgIpc) is 2.36. The number of halogens is 3. The summed E-state index contributed by atoms with van der Waals surface area (Å²) in [5, 5.41) is 11.4. The molecule has 0 saturated carbocycles. The molecule has 21 heavy (non-hydrogen) atoms. The Morgan fingerprint density at radius 2 is 1.90 bits per heavy atom. The topological polar surface area (TPSA) is 79.3 Å². The molecule has 116 valence electrons. The van der Waals surface area contributed by atoms with Crippen LogP contribution in [0.15, 0.2) is 12.1 Å². The van der Waals surface area contributed by atoms with Gasteiger partial charge in [0.15, 0.2) is 0 Å². The number of hydrogen-bond donors (Lipinski definition) is 2. The summed E-state index contributed by atoms with van der Waals surface area (Å²) in [5.74, 6) is -2.00. The van der Waals surface area contributed by atoms with Gasteiger partial charge in [0.1, 0.15) is 11.2 Å². The molecule has 0 saturated heterocycles. The lowest BCUT2D eigenvalue weighted by Crippen LogP contribution is -2.51. The summed E-state index contributed by atoms with van der Waals surface area (Å²) < 4.78 is 37.5. The largest absolute Gasteiger partial charge is 0.480 e. The Morgan fingerprint density at radius 1 is 1.33 bits per heavy atom. The van der Waals surface area contributed by atoms with Crippen LogP contribution in [-0.4, -0.2) is 27.5 Å². The first-order valence-corrected chi connectivity index (χ1v) is 6.12. The number of rotatable bonds is 4. The number of aliphatic carboxylic acids is 1. The lowest BCUT2D eigenvalue weighted by atomic mass is 9.98. The van der Waals surface area contributed by atoms with E-state index in [0.29, 0.717) is 6.07 Å². The number of carbonyl (C=O) groups excluding carboxylic acids is 1. The predicted octanol–water partition coefficient (Wildman–Crippen LogP) is 2.39. The molecule has 2 N–H and O–H groups in total.